The second-order valence-corrected chi connectivity index (χ2v) is 5.08. The summed E-state index contributed by atoms with van der Waals surface area (Å²) in [5.41, 5.74) is 2.92. The fraction of sp³-hybridized carbons (Fsp3) is 0.533. The summed E-state index contributed by atoms with van der Waals surface area (Å²) < 4.78 is 5.28. The Labute approximate surface area is 110 Å². The Bertz CT molecular complexity index is 425. The van der Waals surface area contributed by atoms with Crippen molar-refractivity contribution in [2.45, 2.75) is 27.7 Å². The van der Waals surface area contributed by atoms with E-state index in [0.717, 1.165) is 17.7 Å². The molecule has 1 aromatic rings. The number of carbonyl (C=O) groups excluding carboxylic acids is 1. The van der Waals surface area contributed by atoms with Crippen molar-refractivity contribution in [2.75, 3.05) is 20.2 Å². The number of methoxy groups -OCH3 is 1. The van der Waals surface area contributed by atoms with E-state index in [9.17, 15) is 4.79 Å². The molecular weight excluding hydrogens is 226 g/mol. The summed E-state index contributed by atoms with van der Waals surface area (Å²) in [5, 5.41) is 3.16. The van der Waals surface area contributed by atoms with Crippen molar-refractivity contribution in [2.24, 2.45) is 5.92 Å². The quantitative estimate of drug-likeness (QED) is 0.788. The summed E-state index contributed by atoms with van der Waals surface area (Å²) in [6.07, 6.45) is 0. The lowest BCUT2D eigenvalue weighted by Gasteiger charge is -2.12. The molecule has 1 aromatic carbocycles. The number of Topliss-reactive ketones (excluding diaryl/α,β-unsaturated/α-hetero) is 1. The van der Waals surface area contributed by atoms with Crippen LogP contribution in [-0.2, 0) is 0 Å². The number of nitrogens with one attached hydrogen (secondary N) is 1. The van der Waals surface area contributed by atoms with Crippen molar-refractivity contribution in [1.29, 1.82) is 0 Å². The van der Waals surface area contributed by atoms with Crippen molar-refractivity contribution < 1.29 is 9.53 Å². The van der Waals surface area contributed by atoms with Gasteiger partial charge in [-0.15, -0.1) is 0 Å². The van der Waals surface area contributed by atoms with Gasteiger partial charge in [-0.1, -0.05) is 13.8 Å². The molecule has 0 heterocycles. The molecule has 3 nitrogen and oxygen atoms in total. The average molecular weight is 249 g/mol. The Hall–Kier alpha value is -1.35. The van der Waals surface area contributed by atoms with Crippen LogP contribution in [0.15, 0.2) is 12.1 Å². The molecule has 0 spiro atoms. The van der Waals surface area contributed by atoms with Gasteiger partial charge in [0.05, 0.1) is 19.2 Å². The maximum atomic E-state index is 12.1. The maximum absolute atomic E-state index is 12.1. The third-order valence-corrected chi connectivity index (χ3v) is 2.95. The van der Waals surface area contributed by atoms with Gasteiger partial charge < -0.3 is 10.1 Å². The molecule has 0 amide bonds. The second kappa shape index (κ2) is 6.55. The van der Waals surface area contributed by atoms with Gasteiger partial charge in [-0.25, -0.2) is 0 Å². The molecule has 0 bridgehead atoms. The van der Waals surface area contributed by atoms with Crippen molar-refractivity contribution >= 4 is 5.78 Å². The number of aryl methyl sites for hydroxylation is 2. The number of rotatable bonds is 6. The summed E-state index contributed by atoms with van der Waals surface area (Å²) in [7, 11) is 1.60. The molecule has 0 aliphatic heterocycles. The van der Waals surface area contributed by atoms with Gasteiger partial charge in [-0.2, -0.15) is 0 Å². The smallest absolute Gasteiger partial charge is 0.180 e. The van der Waals surface area contributed by atoms with Gasteiger partial charge in [0, 0.05) is 0 Å². The van der Waals surface area contributed by atoms with Crippen molar-refractivity contribution in [3.05, 3.63) is 28.8 Å². The number of ether oxygens (including phenoxy) is 1. The number of hydrogen-bond acceptors (Lipinski definition) is 3. The maximum Gasteiger partial charge on any atom is 0.180 e. The topological polar surface area (TPSA) is 38.3 Å². The van der Waals surface area contributed by atoms with Crippen LogP contribution < -0.4 is 10.1 Å². The van der Waals surface area contributed by atoms with Crippen LogP contribution in [-0.4, -0.2) is 26.0 Å². The predicted molar refractivity (Wildman–Crippen MR) is 74.5 cm³/mol. The molecule has 100 valence electrons. The van der Waals surface area contributed by atoms with Crippen molar-refractivity contribution in [3.8, 4) is 5.75 Å². The molecular formula is C15H23NO2. The summed E-state index contributed by atoms with van der Waals surface area (Å²) in [4.78, 5) is 12.1. The van der Waals surface area contributed by atoms with E-state index in [1.165, 1.54) is 0 Å². The third kappa shape index (κ3) is 3.84. The standard InChI is InChI=1S/C15H23NO2/c1-10(2)8-16-9-14(17)13-6-11(3)12(4)7-15(13)18-5/h6-7,10,16H,8-9H2,1-5H3. The van der Waals surface area contributed by atoms with Crippen LogP contribution in [0.3, 0.4) is 0 Å². The van der Waals surface area contributed by atoms with E-state index >= 15 is 0 Å². The van der Waals surface area contributed by atoms with Gasteiger partial charge in [-0.3, -0.25) is 4.79 Å². The predicted octanol–water partition coefficient (Wildman–Crippen LogP) is 2.74. The van der Waals surface area contributed by atoms with Crippen LogP contribution in [0.4, 0.5) is 0 Å². The molecule has 0 saturated heterocycles. The van der Waals surface area contributed by atoms with E-state index in [1.54, 1.807) is 7.11 Å². The fourth-order valence-corrected chi connectivity index (χ4v) is 1.75. The molecule has 0 aromatic heterocycles. The zero-order chi connectivity index (χ0) is 13.7. The van der Waals surface area contributed by atoms with E-state index < -0.39 is 0 Å². The van der Waals surface area contributed by atoms with E-state index in [1.807, 2.05) is 26.0 Å². The third-order valence-electron chi connectivity index (χ3n) is 2.95. The van der Waals surface area contributed by atoms with Gasteiger partial charge in [0.2, 0.25) is 0 Å². The van der Waals surface area contributed by atoms with Gasteiger partial charge in [0.1, 0.15) is 5.75 Å². The lowest BCUT2D eigenvalue weighted by atomic mass is 10.0. The highest BCUT2D eigenvalue weighted by atomic mass is 16.5. The van der Waals surface area contributed by atoms with Crippen LogP contribution >= 0.6 is 0 Å². The minimum Gasteiger partial charge on any atom is -0.496 e. The second-order valence-electron chi connectivity index (χ2n) is 5.08. The lowest BCUT2D eigenvalue weighted by molar-refractivity contribution is 0.0987. The molecule has 0 saturated carbocycles. The first kappa shape index (κ1) is 14.7. The number of ketones is 1. The Kier molecular flexibility index (Phi) is 5.35. The van der Waals surface area contributed by atoms with Crippen LogP contribution in [0.1, 0.15) is 35.3 Å². The molecule has 0 aliphatic rings. The molecule has 3 heteroatoms. The van der Waals surface area contributed by atoms with Crippen LogP contribution in [0.25, 0.3) is 0 Å². The lowest BCUT2D eigenvalue weighted by Crippen LogP contribution is -2.27. The van der Waals surface area contributed by atoms with Gasteiger partial charge in [0.15, 0.2) is 5.78 Å². The zero-order valence-electron chi connectivity index (χ0n) is 12.0. The Morgan fingerprint density at radius 3 is 2.44 bits per heavy atom. The molecule has 0 unspecified atom stereocenters. The van der Waals surface area contributed by atoms with E-state index in [-0.39, 0.29) is 5.78 Å². The largest absolute Gasteiger partial charge is 0.496 e. The monoisotopic (exact) mass is 249 g/mol. The highest BCUT2D eigenvalue weighted by Crippen LogP contribution is 2.23. The summed E-state index contributed by atoms with van der Waals surface area (Å²) in [5.74, 6) is 1.28. The molecule has 1 rings (SSSR count). The Morgan fingerprint density at radius 2 is 1.89 bits per heavy atom. The summed E-state index contributed by atoms with van der Waals surface area (Å²) >= 11 is 0. The fourth-order valence-electron chi connectivity index (χ4n) is 1.75. The molecule has 0 atom stereocenters. The first-order valence-corrected chi connectivity index (χ1v) is 6.34. The highest BCUT2D eigenvalue weighted by molar-refractivity contribution is 6.00. The van der Waals surface area contributed by atoms with E-state index in [0.29, 0.717) is 23.8 Å². The molecule has 0 radical (unpaired) electrons. The number of hydrogen-bond donors (Lipinski definition) is 1. The Balaban J connectivity index is 2.81. The van der Waals surface area contributed by atoms with E-state index in [4.69, 9.17) is 4.74 Å². The Morgan fingerprint density at radius 1 is 1.28 bits per heavy atom. The van der Waals surface area contributed by atoms with Gasteiger partial charge in [0.25, 0.3) is 0 Å². The number of benzene rings is 1. The summed E-state index contributed by atoms with van der Waals surface area (Å²) in [6, 6.07) is 3.83. The normalized spacial score (nSPS) is 10.8. The number of carbonyl (C=O) groups is 1. The van der Waals surface area contributed by atoms with Gasteiger partial charge >= 0.3 is 0 Å². The highest BCUT2D eigenvalue weighted by Gasteiger charge is 2.13. The minimum absolute atomic E-state index is 0.0793. The molecule has 18 heavy (non-hydrogen) atoms. The molecule has 0 fully saturated rings. The van der Waals surface area contributed by atoms with Crippen molar-refractivity contribution in [3.63, 3.8) is 0 Å². The SMILES string of the molecule is COc1cc(C)c(C)cc1C(=O)CNCC(C)C. The molecule has 1 N–H and O–H groups in total. The van der Waals surface area contributed by atoms with Crippen molar-refractivity contribution in [1.82, 2.24) is 5.32 Å². The minimum atomic E-state index is 0.0793. The van der Waals surface area contributed by atoms with Crippen LogP contribution in [0.5, 0.6) is 5.75 Å². The van der Waals surface area contributed by atoms with Crippen LogP contribution in [0, 0.1) is 19.8 Å². The average Bonchev–Trinajstić information content (AvgIpc) is 2.31. The van der Waals surface area contributed by atoms with E-state index in [2.05, 4.69) is 19.2 Å². The first-order chi connectivity index (χ1) is 8.45. The van der Waals surface area contributed by atoms with Crippen LogP contribution in [0.2, 0.25) is 0 Å². The zero-order valence-corrected chi connectivity index (χ0v) is 12.0. The first-order valence-electron chi connectivity index (χ1n) is 6.34. The van der Waals surface area contributed by atoms with Gasteiger partial charge in [-0.05, 0) is 49.6 Å². The summed E-state index contributed by atoms with van der Waals surface area (Å²) in [6.45, 7) is 9.47. The molecule has 0 aliphatic carbocycles.